The van der Waals surface area contributed by atoms with Crippen LogP contribution in [0.1, 0.15) is 25.0 Å². The molecule has 0 aliphatic heterocycles. The van der Waals surface area contributed by atoms with Gasteiger partial charge in [-0.1, -0.05) is 36.4 Å². The summed E-state index contributed by atoms with van der Waals surface area (Å²) >= 11 is 0. The molecule has 28 heavy (non-hydrogen) atoms. The Hall–Kier alpha value is -2.54. The minimum absolute atomic E-state index is 0.323. The highest BCUT2D eigenvalue weighted by molar-refractivity contribution is 7.92. The summed E-state index contributed by atoms with van der Waals surface area (Å²) in [4.78, 5) is 12.7. The van der Waals surface area contributed by atoms with Crippen molar-refractivity contribution in [2.45, 2.75) is 32.7 Å². The fraction of sp³-hybridized carbons (Fsp3) is 0.381. The number of carbonyl (C=O) groups excluding carboxylic acids is 1. The highest BCUT2D eigenvalue weighted by atomic mass is 32.2. The van der Waals surface area contributed by atoms with Crippen LogP contribution in [0, 0.1) is 6.92 Å². The first kappa shape index (κ1) is 21.8. The first-order valence-corrected chi connectivity index (χ1v) is 10.8. The van der Waals surface area contributed by atoms with Gasteiger partial charge in [-0.3, -0.25) is 9.10 Å². The van der Waals surface area contributed by atoms with Gasteiger partial charge in [0.15, 0.2) is 0 Å². The molecule has 0 radical (unpaired) electrons. The zero-order valence-electron chi connectivity index (χ0n) is 17.0. The summed E-state index contributed by atoms with van der Waals surface area (Å²) < 4.78 is 31.2. The topological polar surface area (TPSA) is 75.7 Å². The van der Waals surface area contributed by atoms with Crippen LogP contribution >= 0.6 is 0 Å². The maximum Gasteiger partial charge on any atom is 0.241 e. The smallest absolute Gasteiger partial charge is 0.241 e. The number of nitrogens with one attached hydrogen (secondary N) is 1. The number of carbonyl (C=O) groups is 1. The highest BCUT2D eigenvalue weighted by Gasteiger charge is 2.27. The number of sulfonamides is 1. The molecule has 0 aromatic heterocycles. The van der Waals surface area contributed by atoms with E-state index in [-0.39, 0.29) is 12.5 Å². The Balaban J connectivity index is 2.21. The number of aryl methyl sites for hydroxylation is 1. The molecule has 0 aliphatic carbocycles. The lowest BCUT2D eigenvalue weighted by atomic mass is 9.95. The Labute approximate surface area is 167 Å². The number of ether oxygens (including phenoxy) is 1. The van der Waals surface area contributed by atoms with Gasteiger partial charge in [-0.15, -0.1) is 0 Å². The Morgan fingerprint density at radius 1 is 1.14 bits per heavy atom. The molecule has 152 valence electrons. The summed E-state index contributed by atoms with van der Waals surface area (Å²) in [6.45, 7) is 5.36. The van der Waals surface area contributed by atoms with Crippen molar-refractivity contribution in [3.05, 3.63) is 59.7 Å². The van der Waals surface area contributed by atoms with E-state index in [4.69, 9.17) is 4.74 Å². The van der Waals surface area contributed by atoms with Crippen LogP contribution in [0.5, 0.6) is 5.75 Å². The molecular weight excluding hydrogens is 376 g/mol. The van der Waals surface area contributed by atoms with Gasteiger partial charge in [0.05, 0.1) is 19.1 Å². The number of anilines is 1. The molecule has 2 rings (SSSR count). The van der Waals surface area contributed by atoms with Crippen molar-refractivity contribution >= 4 is 21.6 Å². The molecule has 0 bridgehead atoms. The van der Waals surface area contributed by atoms with Gasteiger partial charge in [0, 0.05) is 5.54 Å². The number of hydrogen-bond acceptors (Lipinski definition) is 4. The molecular formula is C21H28N2O4S. The highest BCUT2D eigenvalue weighted by Crippen LogP contribution is 2.30. The quantitative estimate of drug-likeness (QED) is 0.734. The van der Waals surface area contributed by atoms with E-state index in [0.29, 0.717) is 17.9 Å². The van der Waals surface area contributed by atoms with Gasteiger partial charge in [-0.05, 0) is 50.5 Å². The lowest BCUT2D eigenvalue weighted by Crippen LogP contribution is -2.50. The summed E-state index contributed by atoms with van der Waals surface area (Å²) in [6, 6.07) is 15.0. The average molecular weight is 405 g/mol. The summed E-state index contributed by atoms with van der Waals surface area (Å²) in [5, 5.41) is 2.94. The van der Waals surface area contributed by atoms with Crippen LogP contribution in [0.3, 0.4) is 0 Å². The van der Waals surface area contributed by atoms with Crippen molar-refractivity contribution in [1.29, 1.82) is 0 Å². The number of benzene rings is 2. The molecule has 0 aliphatic rings. The van der Waals surface area contributed by atoms with Crippen LogP contribution in [0.15, 0.2) is 48.5 Å². The molecule has 0 heterocycles. The number of nitrogens with zero attached hydrogens (tertiary/aromatic N) is 1. The summed E-state index contributed by atoms with van der Waals surface area (Å²) in [5.41, 5.74) is 1.78. The fourth-order valence-corrected chi connectivity index (χ4v) is 3.93. The van der Waals surface area contributed by atoms with Gasteiger partial charge in [0.2, 0.25) is 15.9 Å². The first-order chi connectivity index (χ1) is 13.0. The minimum Gasteiger partial charge on any atom is -0.495 e. The molecule has 0 unspecified atom stereocenters. The second kappa shape index (κ2) is 8.65. The second-order valence-electron chi connectivity index (χ2n) is 7.54. The minimum atomic E-state index is -3.68. The largest absolute Gasteiger partial charge is 0.495 e. The molecule has 0 spiro atoms. The Bertz CT molecular complexity index is 925. The lowest BCUT2D eigenvalue weighted by Gasteiger charge is -2.29. The van der Waals surface area contributed by atoms with E-state index in [2.05, 4.69) is 5.32 Å². The maximum absolute atomic E-state index is 12.7. The third-order valence-electron chi connectivity index (χ3n) is 4.26. The average Bonchev–Trinajstić information content (AvgIpc) is 2.58. The predicted octanol–water partition coefficient (Wildman–Crippen LogP) is 2.91. The van der Waals surface area contributed by atoms with Crippen LogP contribution in [0.4, 0.5) is 5.69 Å². The lowest BCUT2D eigenvalue weighted by molar-refractivity contribution is -0.121. The van der Waals surface area contributed by atoms with Crippen LogP contribution < -0.4 is 14.4 Å². The van der Waals surface area contributed by atoms with Crippen molar-refractivity contribution < 1.29 is 17.9 Å². The molecule has 0 fully saturated rings. The van der Waals surface area contributed by atoms with E-state index in [1.807, 2.05) is 57.2 Å². The van der Waals surface area contributed by atoms with Gasteiger partial charge >= 0.3 is 0 Å². The van der Waals surface area contributed by atoms with E-state index in [1.54, 1.807) is 12.1 Å². The number of amides is 1. The standard InChI is InChI=1S/C21H28N2O4S/c1-16-11-12-19(27-4)18(13-16)23(28(5,25)26)15-20(24)22-21(2,3)14-17-9-7-6-8-10-17/h6-13H,14-15H2,1-5H3,(H,22,24). The molecule has 2 aromatic carbocycles. The van der Waals surface area contributed by atoms with E-state index in [1.165, 1.54) is 7.11 Å². The molecule has 0 atom stereocenters. The van der Waals surface area contributed by atoms with Crippen molar-refractivity contribution in [3.8, 4) is 5.75 Å². The first-order valence-electron chi connectivity index (χ1n) is 8.99. The van der Waals surface area contributed by atoms with Gasteiger partial charge in [-0.2, -0.15) is 0 Å². The van der Waals surface area contributed by atoms with E-state index >= 15 is 0 Å². The maximum atomic E-state index is 12.7. The van der Waals surface area contributed by atoms with Crippen LogP contribution in [-0.2, 0) is 21.2 Å². The molecule has 0 saturated heterocycles. The van der Waals surface area contributed by atoms with Crippen molar-refractivity contribution in [3.63, 3.8) is 0 Å². The normalized spacial score (nSPS) is 11.8. The third-order valence-corrected chi connectivity index (χ3v) is 5.38. The molecule has 0 saturated carbocycles. The van der Waals surface area contributed by atoms with Crippen molar-refractivity contribution in [2.75, 3.05) is 24.2 Å². The summed E-state index contributed by atoms with van der Waals surface area (Å²) in [6.07, 6.45) is 1.71. The second-order valence-corrected chi connectivity index (χ2v) is 9.45. The molecule has 1 N–H and O–H groups in total. The van der Waals surface area contributed by atoms with Gasteiger partial charge in [-0.25, -0.2) is 8.42 Å². The summed E-state index contributed by atoms with van der Waals surface area (Å²) in [7, 11) is -2.21. The Morgan fingerprint density at radius 3 is 2.36 bits per heavy atom. The van der Waals surface area contributed by atoms with E-state index < -0.39 is 15.6 Å². The van der Waals surface area contributed by atoms with Crippen molar-refractivity contribution in [2.24, 2.45) is 0 Å². The van der Waals surface area contributed by atoms with Gasteiger partial charge < -0.3 is 10.1 Å². The SMILES string of the molecule is COc1ccc(C)cc1N(CC(=O)NC(C)(C)Cc1ccccc1)S(C)(=O)=O. The Morgan fingerprint density at radius 2 is 1.79 bits per heavy atom. The van der Waals surface area contributed by atoms with Crippen LogP contribution in [0.25, 0.3) is 0 Å². The number of hydrogen-bond donors (Lipinski definition) is 1. The molecule has 1 amide bonds. The number of methoxy groups -OCH3 is 1. The van der Waals surface area contributed by atoms with Crippen LogP contribution in [0.2, 0.25) is 0 Å². The predicted molar refractivity (Wildman–Crippen MR) is 112 cm³/mol. The van der Waals surface area contributed by atoms with E-state index in [9.17, 15) is 13.2 Å². The number of rotatable bonds is 8. The molecule has 2 aromatic rings. The third kappa shape index (κ3) is 5.99. The molecule has 6 nitrogen and oxygen atoms in total. The van der Waals surface area contributed by atoms with E-state index in [0.717, 1.165) is 21.7 Å². The van der Waals surface area contributed by atoms with Gasteiger partial charge in [0.25, 0.3) is 0 Å². The zero-order valence-corrected chi connectivity index (χ0v) is 17.8. The fourth-order valence-electron chi connectivity index (χ4n) is 3.07. The van der Waals surface area contributed by atoms with Crippen molar-refractivity contribution in [1.82, 2.24) is 5.32 Å². The monoisotopic (exact) mass is 404 g/mol. The van der Waals surface area contributed by atoms with Gasteiger partial charge in [0.1, 0.15) is 12.3 Å². The molecule has 7 heteroatoms. The Kier molecular flexibility index (Phi) is 6.72. The summed E-state index contributed by atoms with van der Waals surface area (Å²) in [5.74, 6) is 0.0160. The zero-order chi connectivity index (χ0) is 20.9. The van der Waals surface area contributed by atoms with Crippen LogP contribution in [-0.4, -0.2) is 39.8 Å².